The molecule has 0 aliphatic heterocycles. The number of hydrogen-bond acceptors (Lipinski definition) is 5. The maximum Gasteiger partial charge on any atom is 0.376 e. The van der Waals surface area contributed by atoms with Gasteiger partial charge in [0.25, 0.3) is 0 Å². The van der Waals surface area contributed by atoms with Crippen LogP contribution in [0.2, 0.25) is 0 Å². The van der Waals surface area contributed by atoms with Crippen LogP contribution in [0.25, 0.3) is 11.0 Å². The van der Waals surface area contributed by atoms with Crippen LogP contribution in [0.15, 0.2) is 59.0 Å². The largest absolute Gasteiger partial charge is 0.489 e. The number of fused-ring (bicyclic) bond motifs is 1. The summed E-state index contributed by atoms with van der Waals surface area (Å²) in [4.78, 5) is 12.3. The Bertz CT molecular complexity index is 893. The van der Waals surface area contributed by atoms with Crippen LogP contribution in [0.5, 0.6) is 5.75 Å². The maximum absolute atomic E-state index is 12.3. The quantitative estimate of drug-likeness (QED) is 0.662. The van der Waals surface area contributed by atoms with Crippen molar-refractivity contribution in [3.63, 3.8) is 0 Å². The summed E-state index contributed by atoms with van der Waals surface area (Å²) in [7, 11) is 0. The van der Waals surface area contributed by atoms with Crippen LogP contribution in [-0.2, 0) is 11.3 Å². The highest BCUT2D eigenvalue weighted by molar-refractivity contribution is 5.96. The second-order valence-electron chi connectivity index (χ2n) is 5.18. The fraction of sp³-hybridized carbons (Fsp3) is 0.158. The first-order chi connectivity index (χ1) is 11.7. The van der Waals surface area contributed by atoms with Crippen LogP contribution >= 0.6 is 0 Å². The molecule has 5 nitrogen and oxygen atoms in total. The molecular formula is C19H15NO4. The Kier molecular flexibility index (Phi) is 4.48. The van der Waals surface area contributed by atoms with Gasteiger partial charge in [0.05, 0.1) is 5.56 Å². The summed E-state index contributed by atoms with van der Waals surface area (Å²) in [5.74, 6) is 0.0774. The fourth-order valence-corrected chi connectivity index (χ4v) is 2.32. The number of benzene rings is 2. The van der Waals surface area contributed by atoms with Gasteiger partial charge in [-0.05, 0) is 25.1 Å². The van der Waals surface area contributed by atoms with Crippen molar-refractivity contribution < 1.29 is 18.7 Å². The average molecular weight is 321 g/mol. The van der Waals surface area contributed by atoms with Gasteiger partial charge in [-0.3, -0.25) is 0 Å². The molecule has 3 rings (SSSR count). The number of furan rings is 1. The lowest BCUT2D eigenvalue weighted by Crippen LogP contribution is -2.14. The first-order valence-electron chi connectivity index (χ1n) is 7.48. The van der Waals surface area contributed by atoms with Crippen molar-refractivity contribution in [3.8, 4) is 11.8 Å². The van der Waals surface area contributed by atoms with E-state index >= 15 is 0 Å². The minimum Gasteiger partial charge on any atom is -0.489 e. The van der Waals surface area contributed by atoms with E-state index in [4.69, 9.17) is 19.2 Å². The normalized spacial score (nSPS) is 11.7. The van der Waals surface area contributed by atoms with Crippen LogP contribution in [0.3, 0.4) is 0 Å². The van der Waals surface area contributed by atoms with Gasteiger partial charge in [0.2, 0.25) is 5.76 Å². The number of ether oxygens (including phenoxy) is 2. The van der Waals surface area contributed by atoms with Crippen molar-refractivity contribution in [1.29, 1.82) is 5.26 Å². The first-order valence-corrected chi connectivity index (χ1v) is 7.48. The van der Waals surface area contributed by atoms with Crippen LogP contribution in [0.1, 0.15) is 23.0 Å². The average Bonchev–Trinajstić information content (AvgIpc) is 2.99. The summed E-state index contributed by atoms with van der Waals surface area (Å²) in [6.45, 7) is 1.66. The molecule has 1 heterocycles. The number of para-hydroxylation sites is 2. The van der Waals surface area contributed by atoms with E-state index in [1.54, 1.807) is 6.07 Å². The topological polar surface area (TPSA) is 72.5 Å². The van der Waals surface area contributed by atoms with Gasteiger partial charge in [-0.2, -0.15) is 5.26 Å². The molecule has 2 aromatic carbocycles. The molecule has 0 unspecified atom stereocenters. The number of carbonyl (C=O) groups is 1. The van der Waals surface area contributed by atoms with Crippen molar-refractivity contribution in [2.24, 2.45) is 0 Å². The van der Waals surface area contributed by atoms with E-state index < -0.39 is 12.1 Å². The van der Waals surface area contributed by atoms with Crippen LogP contribution in [0.4, 0.5) is 0 Å². The van der Waals surface area contributed by atoms with E-state index in [0.29, 0.717) is 16.9 Å². The summed E-state index contributed by atoms with van der Waals surface area (Å²) in [6.07, 6.45) is -0.853. The minimum absolute atomic E-state index is 0.0641. The Hall–Kier alpha value is -3.26. The summed E-state index contributed by atoms with van der Waals surface area (Å²) < 4.78 is 16.4. The first kappa shape index (κ1) is 15.6. The van der Waals surface area contributed by atoms with E-state index in [0.717, 1.165) is 5.39 Å². The zero-order valence-electron chi connectivity index (χ0n) is 13.1. The number of carbonyl (C=O) groups excluding carboxylic acids is 1. The van der Waals surface area contributed by atoms with E-state index in [9.17, 15) is 4.79 Å². The van der Waals surface area contributed by atoms with Gasteiger partial charge < -0.3 is 13.9 Å². The Labute approximate surface area is 139 Å². The van der Waals surface area contributed by atoms with Crippen molar-refractivity contribution in [1.82, 2.24) is 0 Å². The molecule has 0 saturated heterocycles. The van der Waals surface area contributed by atoms with E-state index in [1.807, 2.05) is 54.6 Å². The molecule has 1 aromatic heterocycles. The van der Waals surface area contributed by atoms with Gasteiger partial charge in [-0.1, -0.05) is 36.4 Å². The second-order valence-corrected chi connectivity index (χ2v) is 5.18. The van der Waals surface area contributed by atoms with Crippen molar-refractivity contribution >= 4 is 16.9 Å². The standard InChI is InChI=1S/C19H15NO4/c1-13(11-20)23-19(21)18-16(12-22-14-7-3-2-4-8-14)15-9-5-6-10-17(15)24-18/h2-10,13H,12H2,1H3/t13-/m1/s1. The van der Waals surface area contributed by atoms with E-state index in [2.05, 4.69) is 0 Å². The predicted octanol–water partition coefficient (Wildman–Crippen LogP) is 4.08. The molecule has 0 saturated carbocycles. The van der Waals surface area contributed by atoms with Crippen molar-refractivity contribution in [2.45, 2.75) is 19.6 Å². The third-order valence-electron chi connectivity index (χ3n) is 3.48. The van der Waals surface area contributed by atoms with Gasteiger partial charge in [-0.15, -0.1) is 0 Å². The zero-order valence-corrected chi connectivity index (χ0v) is 13.1. The molecule has 120 valence electrons. The Morgan fingerprint density at radius 2 is 1.88 bits per heavy atom. The number of nitriles is 1. The minimum atomic E-state index is -0.853. The van der Waals surface area contributed by atoms with E-state index in [1.165, 1.54) is 6.92 Å². The van der Waals surface area contributed by atoms with Crippen molar-refractivity contribution in [3.05, 3.63) is 65.9 Å². The van der Waals surface area contributed by atoms with Gasteiger partial charge in [0, 0.05) is 5.39 Å². The predicted molar refractivity (Wildman–Crippen MR) is 87.5 cm³/mol. The highest BCUT2D eigenvalue weighted by atomic mass is 16.6. The number of rotatable bonds is 5. The van der Waals surface area contributed by atoms with Crippen molar-refractivity contribution in [2.75, 3.05) is 0 Å². The monoisotopic (exact) mass is 321 g/mol. The number of esters is 1. The summed E-state index contributed by atoms with van der Waals surface area (Å²) >= 11 is 0. The number of nitrogens with zero attached hydrogens (tertiary/aromatic N) is 1. The molecule has 0 spiro atoms. The molecule has 1 atom stereocenters. The lowest BCUT2D eigenvalue weighted by atomic mass is 10.1. The molecule has 0 fully saturated rings. The Morgan fingerprint density at radius 3 is 2.62 bits per heavy atom. The third-order valence-corrected chi connectivity index (χ3v) is 3.48. The summed E-state index contributed by atoms with van der Waals surface area (Å²) in [6, 6.07) is 18.5. The molecule has 24 heavy (non-hydrogen) atoms. The highest BCUT2D eigenvalue weighted by Gasteiger charge is 2.23. The Balaban J connectivity index is 1.93. The molecular weight excluding hydrogens is 306 g/mol. The van der Waals surface area contributed by atoms with Gasteiger partial charge in [0.1, 0.15) is 24.0 Å². The molecule has 0 amide bonds. The van der Waals surface area contributed by atoms with Crippen LogP contribution in [-0.4, -0.2) is 12.1 Å². The summed E-state index contributed by atoms with van der Waals surface area (Å²) in [5, 5.41) is 9.59. The molecule has 0 aliphatic rings. The third kappa shape index (κ3) is 3.23. The molecule has 0 bridgehead atoms. The molecule has 0 aliphatic carbocycles. The zero-order chi connectivity index (χ0) is 16.9. The molecule has 5 heteroatoms. The lowest BCUT2D eigenvalue weighted by molar-refractivity contribution is 0.0397. The smallest absolute Gasteiger partial charge is 0.376 e. The highest BCUT2D eigenvalue weighted by Crippen LogP contribution is 2.28. The van der Waals surface area contributed by atoms with Crippen LogP contribution in [0, 0.1) is 11.3 Å². The van der Waals surface area contributed by atoms with Gasteiger partial charge in [-0.25, -0.2) is 4.79 Å². The second kappa shape index (κ2) is 6.88. The maximum atomic E-state index is 12.3. The Morgan fingerprint density at radius 1 is 1.17 bits per heavy atom. The fourth-order valence-electron chi connectivity index (χ4n) is 2.32. The number of hydrogen-bond donors (Lipinski definition) is 0. The van der Waals surface area contributed by atoms with Crippen LogP contribution < -0.4 is 4.74 Å². The SMILES string of the molecule is C[C@H](C#N)OC(=O)c1oc2ccccc2c1COc1ccccc1. The van der Waals surface area contributed by atoms with E-state index in [-0.39, 0.29) is 12.4 Å². The van der Waals surface area contributed by atoms with Gasteiger partial charge >= 0.3 is 5.97 Å². The molecule has 0 N–H and O–H groups in total. The molecule has 0 radical (unpaired) electrons. The molecule has 3 aromatic rings. The summed E-state index contributed by atoms with van der Waals surface area (Å²) in [5.41, 5.74) is 1.17. The lowest BCUT2D eigenvalue weighted by Gasteiger charge is -2.08. The van der Waals surface area contributed by atoms with Gasteiger partial charge in [0.15, 0.2) is 6.10 Å².